The number of anilines is 2. The SMILES string of the molecule is O=C(Nc1cc(N2CCCC2)ncn1)c1csc(-c2ccccc2)n1. The number of benzene rings is 1. The Morgan fingerprint density at radius 2 is 1.92 bits per heavy atom. The van der Waals surface area contributed by atoms with Crippen LogP contribution in [0.4, 0.5) is 11.6 Å². The summed E-state index contributed by atoms with van der Waals surface area (Å²) < 4.78 is 0. The van der Waals surface area contributed by atoms with Gasteiger partial charge in [0.1, 0.15) is 28.7 Å². The van der Waals surface area contributed by atoms with Gasteiger partial charge in [-0.3, -0.25) is 4.79 Å². The number of amides is 1. The molecule has 2 aromatic heterocycles. The van der Waals surface area contributed by atoms with E-state index in [1.165, 1.54) is 30.5 Å². The van der Waals surface area contributed by atoms with Crippen LogP contribution in [0.25, 0.3) is 10.6 Å². The van der Waals surface area contributed by atoms with Crippen LogP contribution in [0.2, 0.25) is 0 Å². The van der Waals surface area contributed by atoms with Crippen molar-refractivity contribution in [3.8, 4) is 10.6 Å². The van der Waals surface area contributed by atoms with Gasteiger partial charge in [0, 0.05) is 30.1 Å². The van der Waals surface area contributed by atoms with Gasteiger partial charge in [-0.1, -0.05) is 30.3 Å². The van der Waals surface area contributed by atoms with Crippen molar-refractivity contribution in [2.45, 2.75) is 12.8 Å². The summed E-state index contributed by atoms with van der Waals surface area (Å²) in [7, 11) is 0. The molecule has 3 aromatic rings. The van der Waals surface area contributed by atoms with Gasteiger partial charge in [-0.2, -0.15) is 0 Å². The summed E-state index contributed by atoms with van der Waals surface area (Å²) in [5, 5.41) is 5.40. The number of hydrogen-bond acceptors (Lipinski definition) is 6. The van der Waals surface area contributed by atoms with Crippen LogP contribution in [-0.4, -0.2) is 33.9 Å². The fraction of sp³-hybridized carbons (Fsp3) is 0.222. The predicted molar refractivity (Wildman–Crippen MR) is 99.0 cm³/mol. The third kappa shape index (κ3) is 3.51. The van der Waals surface area contributed by atoms with Crippen molar-refractivity contribution in [2.24, 2.45) is 0 Å². The Balaban J connectivity index is 1.49. The van der Waals surface area contributed by atoms with Crippen molar-refractivity contribution < 1.29 is 4.79 Å². The first-order valence-corrected chi connectivity index (χ1v) is 9.07. The van der Waals surface area contributed by atoms with Crippen molar-refractivity contribution in [2.75, 3.05) is 23.3 Å². The lowest BCUT2D eigenvalue weighted by molar-refractivity contribution is 0.102. The van der Waals surface area contributed by atoms with Crippen molar-refractivity contribution >= 4 is 28.9 Å². The van der Waals surface area contributed by atoms with Crippen LogP contribution in [0, 0.1) is 0 Å². The van der Waals surface area contributed by atoms with E-state index in [4.69, 9.17) is 0 Å². The first-order chi connectivity index (χ1) is 12.3. The molecule has 0 atom stereocenters. The van der Waals surface area contributed by atoms with Crippen LogP contribution in [0.1, 0.15) is 23.3 Å². The first kappa shape index (κ1) is 15.7. The molecule has 0 aliphatic carbocycles. The van der Waals surface area contributed by atoms with E-state index in [1.54, 1.807) is 5.38 Å². The number of carbonyl (C=O) groups excluding carboxylic acids is 1. The van der Waals surface area contributed by atoms with Crippen molar-refractivity contribution in [1.82, 2.24) is 15.0 Å². The summed E-state index contributed by atoms with van der Waals surface area (Å²) in [5.74, 6) is 1.09. The number of nitrogens with one attached hydrogen (secondary N) is 1. The van der Waals surface area contributed by atoms with Gasteiger partial charge in [0.25, 0.3) is 5.91 Å². The monoisotopic (exact) mass is 351 g/mol. The molecule has 0 saturated carbocycles. The van der Waals surface area contributed by atoms with Gasteiger partial charge in [0.05, 0.1) is 0 Å². The number of nitrogens with zero attached hydrogens (tertiary/aromatic N) is 4. The van der Waals surface area contributed by atoms with E-state index in [1.807, 2.05) is 36.4 Å². The molecule has 0 spiro atoms. The Kier molecular flexibility index (Phi) is 4.39. The summed E-state index contributed by atoms with van der Waals surface area (Å²) in [6, 6.07) is 11.6. The topological polar surface area (TPSA) is 71.0 Å². The maximum atomic E-state index is 12.5. The van der Waals surface area contributed by atoms with Gasteiger partial charge < -0.3 is 10.2 Å². The summed E-state index contributed by atoms with van der Waals surface area (Å²) in [5.41, 5.74) is 1.40. The van der Waals surface area contributed by atoms with Gasteiger partial charge in [-0.05, 0) is 12.8 Å². The standard InChI is InChI=1S/C18H17N5OS/c24-17(14-11-25-18(21-14)13-6-2-1-3-7-13)22-15-10-16(20-12-19-15)23-8-4-5-9-23/h1-3,6-7,10-12H,4-5,8-9H2,(H,19,20,22,24). The largest absolute Gasteiger partial charge is 0.356 e. The van der Waals surface area contributed by atoms with Gasteiger partial charge in [0.15, 0.2) is 0 Å². The zero-order chi connectivity index (χ0) is 17.1. The highest BCUT2D eigenvalue weighted by atomic mass is 32.1. The summed E-state index contributed by atoms with van der Waals surface area (Å²) >= 11 is 1.45. The fourth-order valence-electron chi connectivity index (χ4n) is 2.81. The second kappa shape index (κ2) is 6.98. The Morgan fingerprint density at radius 3 is 2.72 bits per heavy atom. The minimum Gasteiger partial charge on any atom is -0.356 e. The molecule has 1 saturated heterocycles. The zero-order valence-electron chi connectivity index (χ0n) is 13.6. The normalized spacial score (nSPS) is 13.8. The van der Waals surface area contributed by atoms with Crippen LogP contribution in [0.3, 0.4) is 0 Å². The van der Waals surface area contributed by atoms with E-state index in [2.05, 4.69) is 25.2 Å². The molecule has 6 nitrogen and oxygen atoms in total. The average molecular weight is 351 g/mol. The number of thiazole rings is 1. The molecule has 1 aliphatic rings. The quantitative estimate of drug-likeness (QED) is 0.779. The summed E-state index contributed by atoms with van der Waals surface area (Å²) in [6.45, 7) is 1.99. The van der Waals surface area contributed by atoms with Gasteiger partial charge in [0.2, 0.25) is 0 Å². The number of hydrogen-bond donors (Lipinski definition) is 1. The minimum absolute atomic E-state index is 0.260. The average Bonchev–Trinajstić information content (AvgIpc) is 3.35. The lowest BCUT2D eigenvalue weighted by Crippen LogP contribution is -2.20. The van der Waals surface area contributed by atoms with Crippen LogP contribution in [0.15, 0.2) is 48.1 Å². The molecule has 25 heavy (non-hydrogen) atoms. The summed E-state index contributed by atoms with van der Waals surface area (Å²) in [4.78, 5) is 27.5. The summed E-state index contributed by atoms with van der Waals surface area (Å²) in [6.07, 6.45) is 3.83. The molecule has 7 heteroatoms. The second-order valence-corrected chi connectivity index (χ2v) is 6.67. The number of carbonyl (C=O) groups is 1. The molecule has 1 N–H and O–H groups in total. The predicted octanol–water partition coefficient (Wildman–Crippen LogP) is 3.45. The molecule has 1 aromatic carbocycles. The molecule has 4 rings (SSSR count). The molecule has 1 amide bonds. The lowest BCUT2D eigenvalue weighted by Gasteiger charge is -2.16. The molecule has 1 fully saturated rings. The van der Waals surface area contributed by atoms with E-state index in [-0.39, 0.29) is 5.91 Å². The van der Waals surface area contributed by atoms with Crippen molar-refractivity contribution in [3.63, 3.8) is 0 Å². The Labute approximate surface area is 149 Å². The van der Waals surface area contributed by atoms with Crippen LogP contribution in [0.5, 0.6) is 0 Å². The molecule has 0 unspecified atom stereocenters. The third-order valence-electron chi connectivity index (χ3n) is 4.08. The van der Waals surface area contributed by atoms with Gasteiger partial charge in [-0.15, -0.1) is 11.3 Å². The third-order valence-corrected chi connectivity index (χ3v) is 4.97. The van der Waals surface area contributed by atoms with Crippen molar-refractivity contribution in [1.29, 1.82) is 0 Å². The smallest absolute Gasteiger partial charge is 0.276 e. The zero-order valence-corrected chi connectivity index (χ0v) is 14.4. The highest BCUT2D eigenvalue weighted by Crippen LogP contribution is 2.24. The Morgan fingerprint density at radius 1 is 1.12 bits per heavy atom. The molecule has 0 bridgehead atoms. The molecule has 126 valence electrons. The Hall–Kier alpha value is -2.80. The molecule has 0 radical (unpaired) electrons. The van der Waals surface area contributed by atoms with E-state index < -0.39 is 0 Å². The van der Waals surface area contributed by atoms with E-state index in [0.717, 1.165) is 29.5 Å². The van der Waals surface area contributed by atoms with E-state index in [9.17, 15) is 4.79 Å². The van der Waals surface area contributed by atoms with Gasteiger partial charge in [-0.25, -0.2) is 15.0 Å². The lowest BCUT2D eigenvalue weighted by atomic mass is 10.2. The van der Waals surface area contributed by atoms with E-state index >= 15 is 0 Å². The maximum absolute atomic E-state index is 12.5. The highest BCUT2D eigenvalue weighted by molar-refractivity contribution is 7.13. The molecular weight excluding hydrogens is 334 g/mol. The van der Waals surface area contributed by atoms with Gasteiger partial charge >= 0.3 is 0 Å². The van der Waals surface area contributed by atoms with E-state index in [0.29, 0.717) is 11.5 Å². The van der Waals surface area contributed by atoms with Crippen molar-refractivity contribution in [3.05, 3.63) is 53.8 Å². The Bertz CT molecular complexity index is 874. The first-order valence-electron chi connectivity index (χ1n) is 8.19. The minimum atomic E-state index is -0.260. The number of aromatic nitrogens is 3. The molecule has 3 heterocycles. The maximum Gasteiger partial charge on any atom is 0.276 e. The molecule has 1 aliphatic heterocycles. The number of rotatable bonds is 4. The molecular formula is C18H17N5OS. The fourth-order valence-corrected chi connectivity index (χ4v) is 3.61. The highest BCUT2D eigenvalue weighted by Gasteiger charge is 2.16. The van der Waals surface area contributed by atoms with Crippen LogP contribution in [-0.2, 0) is 0 Å². The van der Waals surface area contributed by atoms with Crippen LogP contribution < -0.4 is 10.2 Å². The second-order valence-electron chi connectivity index (χ2n) is 5.81. The van der Waals surface area contributed by atoms with Crippen LogP contribution >= 0.6 is 11.3 Å².